The predicted molar refractivity (Wildman–Crippen MR) is 85.9 cm³/mol. The van der Waals surface area contributed by atoms with Crippen molar-refractivity contribution >= 4 is 31.9 Å². The molecule has 0 saturated heterocycles. The monoisotopic (exact) mass is 415 g/mol. The molecule has 0 aliphatic carbocycles. The molecule has 0 heterocycles. The van der Waals surface area contributed by atoms with E-state index in [1.54, 1.807) is 12.1 Å². The number of aliphatic hydroxyl groups is 1. The molecule has 0 fully saturated rings. The van der Waals surface area contributed by atoms with Crippen molar-refractivity contribution in [3.05, 3.63) is 30.3 Å². The summed E-state index contributed by atoms with van der Waals surface area (Å²) in [7, 11) is 0. The highest BCUT2D eigenvalue weighted by molar-refractivity contribution is 9.12. The molecule has 0 radical (unpaired) electrons. The summed E-state index contributed by atoms with van der Waals surface area (Å²) in [5, 5.41) is 30.3. The van der Waals surface area contributed by atoms with Crippen LogP contribution < -0.4 is 10.1 Å². The lowest BCUT2D eigenvalue weighted by Crippen LogP contribution is -2.49. The van der Waals surface area contributed by atoms with E-state index in [0.717, 1.165) is 0 Å². The minimum Gasteiger partial charge on any atom is -0.473 e. The van der Waals surface area contributed by atoms with Crippen LogP contribution in [0, 0.1) is 22.7 Å². The number of hydrogen-bond acceptors (Lipinski definition) is 5. The minimum atomic E-state index is -0.962. The van der Waals surface area contributed by atoms with Crippen molar-refractivity contribution in [2.24, 2.45) is 0 Å². The van der Waals surface area contributed by atoms with Gasteiger partial charge < -0.3 is 9.84 Å². The van der Waals surface area contributed by atoms with Gasteiger partial charge in [0.2, 0.25) is 0 Å². The van der Waals surface area contributed by atoms with Gasteiger partial charge in [-0.15, -0.1) is 0 Å². The third-order valence-corrected chi connectivity index (χ3v) is 5.40. The zero-order valence-corrected chi connectivity index (χ0v) is 14.3. The molecule has 1 aromatic rings. The van der Waals surface area contributed by atoms with E-state index in [0.29, 0.717) is 12.2 Å². The van der Waals surface area contributed by atoms with Gasteiger partial charge in [0.15, 0.2) is 6.23 Å². The zero-order chi connectivity index (χ0) is 15.7. The second-order valence-electron chi connectivity index (χ2n) is 4.26. The van der Waals surface area contributed by atoms with Gasteiger partial charge in [0.25, 0.3) is 0 Å². The number of nitrogens with one attached hydrogen (secondary N) is 1. The van der Waals surface area contributed by atoms with Crippen LogP contribution in [0.2, 0.25) is 0 Å². The number of nitriles is 2. The maximum atomic E-state index is 9.39. The highest BCUT2D eigenvalue weighted by atomic mass is 79.9. The highest BCUT2D eigenvalue weighted by Crippen LogP contribution is 2.31. The molecule has 112 valence electrons. The van der Waals surface area contributed by atoms with Gasteiger partial charge in [-0.1, -0.05) is 50.1 Å². The van der Waals surface area contributed by atoms with Crippen LogP contribution in [0.3, 0.4) is 0 Å². The average molecular weight is 417 g/mol. The summed E-state index contributed by atoms with van der Waals surface area (Å²) < 4.78 is 4.63. The Labute approximate surface area is 140 Å². The van der Waals surface area contributed by atoms with Crippen LogP contribution in [0.4, 0.5) is 0 Å². The third kappa shape index (κ3) is 5.64. The van der Waals surface area contributed by atoms with Gasteiger partial charge in [-0.3, -0.25) is 5.32 Å². The smallest absolute Gasteiger partial charge is 0.174 e. The maximum Gasteiger partial charge on any atom is 0.174 e. The lowest BCUT2D eigenvalue weighted by Gasteiger charge is -2.29. The Balaban J connectivity index is 2.67. The van der Waals surface area contributed by atoms with Crippen molar-refractivity contribution < 1.29 is 9.84 Å². The van der Waals surface area contributed by atoms with E-state index in [1.807, 2.05) is 24.3 Å². The highest BCUT2D eigenvalue weighted by Gasteiger charge is 2.36. The van der Waals surface area contributed by atoms with E-state index in [9.17, 15) is 10.4 Å². The Bertz CT molecular complexity index is 515. The standard InChI is InChI=1S/C14H15Br2N3O2/c15-13(14(16,10-18)7-4-8-17)19-12(9-20)21-11-5-2-1-3-6-11/h1-3,5-6,12-13,19-20H,4,7,9H2. The summed E-state index contributed by atoms with van der Waals surface area (Å²) in [6, 6.07) is 13.2. The van der Waals surface area contributed by atoms with Gasteiger partial charge in [-0.25, -0.2) is 0 Å². The maximum absolute atomic E-state index is 9.39. The van der Waals surface area contributed by atoms with Crippen molar-refractivity contribution in [1.29, 1.82) is 10.5 Å². The molecule has 5 nitrogen and oxygen atoms in total. The number of halogens is 2. The summed E-state index contributed by atoms with van der Waals surface area (Å²) in [4.78, 5) is -0.496. The second kappa shape index (κ2) is 9.01. The van der Waals surface area contributed by atoms with Gasteiger partial charge in [-0.2, -0.15) is 10.5 Å². The number of aliphatic hydroxyl groups excluding tert-OH is 1. The molecular formula is C14H15Br2N3O2. The summed E-state index contributed by atoms with van der Waals surface area (Å²) in [5.41, 5.74) is 0. The molecule has 0 aliphatic rings. The molecule has 21 heavy (non-hydrogen) atoms. The van der Waals surface area contributed by atoms with Crippen LogP contribution in [-0.2, 0) is 0 Å². The molecule has 0 spiro atoms. The third-order valence-electron chi connectivity index (χ3n) is 2.71. The molecule has 1 rings (SSSR count). The number of nitrogens with zero attached hydrogens (tertiary/aromatic N) is 2. The average Bonchev–Trinajstić information content (AvgIpc) is 2.52. The lowest BCUT2D eigenvalue weighted by molar-refractivity contribution is 0.0849. The van der Waals surface area contributed by atoms with Crippen molar-refractivity contribution in [2.75, 3.05) is 6.61 Å². The molecular weight excluding hydrogens is 402 g/mol. The van der Waals surface area contributed by atoms with Crippen molar-refractivity contribution in [3.8, 4) is 17.9 Å². The largest absolute Gasteiger partial charge is 0.473 e. The fraction of sp³-hybridized carbons (Fsp3) is 0.429. The molecule has 2 N–H and O–H groups in total. The molecule has 3 atom stereocenters. The first-order valence-corrected chi connectivity index (χ1v) is 7.96. The van der Waals surface area contributed by atoms with Gasteiger partial charge in [0.1, 0.15) is 10.1 Å². The molecule has 0 aliphatic heterocycles. The fourth-order valence-corrected chi connectivity index (χ4v) is 2.52. The topological polar surface area (TPSA) is 89.1 Å². The first-order chi connectivity index (χ1) is 10.1. The van der Waals surface area contributed by atoms with Gasteiger partial charge in [-0.05, 0) is 18.6 Å². The molecule has 0 amide bonds. The number of alkyl halides is 2. The molecule has 0 bridgehead atoms. The molecule has 1 aromatic carbocycles. The summed E-state index contributed by atoms with van der Waals surface area (Å²) >= 11 is 6.70. The van der Waals surface area contributed by atoms with E-state index < -0.39 is 15.5 Å². The first-order valence-electron chi connectivity index (χ1n) is 6.25. The van der Waals surface area contributed by atoms with Gasteiger partial charge in [0.05, 0.1) is 23.7 Å². The van der Waals surface area contributed by atoms with E-state index in [4.69, 9.17) is 10.00 Å². The normalized spacial score (nSPS) is 16.0. The predicted octanol–water partition coefficient (Wildman–Crippen LogP) is 2.66. The van der Waals surface area contributed by atoms with Gasteiger partial charge in [0, 0.05) is 6.42 Å². The Kier molecular flexibility index (Phi) is 7.69. The molecule has 3 unspecified atom stereocenters. The summed E-state index contributed by atoms with van der Waals surface area (Å²) in [6.07, 6.45) is -0.0951. The summed E-state index contributed by atoms with van der Waals surface area (Å²) in [6.45, 7) is -0.260. The number of benzene rings is 1. The zero-order valence-electron chi connectivity index (χ0n) is 11.2. The van der Waals surface area contributed by atoms with Crippen LogP contribution in [0.5, 0.6) is 5.75 Å². The number of rotatable bonds is 8. The van der Waals surface area contributed by atoms with Crippen molar-refractivity contribution in [3.63, 3.8) is 0 Å². The summed E-state index contributed by atoms with van der Waals surface area (Å²) in [5.74, 6) is 0.609. The lowest BCUT2D eigenvalue weighted by atomic mass is 10.1. The quantitative estimate of drug-likeness (QED) is 0.386. The fourth-order valence-electron chi connectivity index (χ4n) is 1.56. The van der Waals surface area contributed by atoms with Crippen LogP contribution >= 0.6 is 31.9 Å². The molecule has 0 saturated carbocycles. The Morgan fingerprint density at radius 2 is 2.00 bits per heavy atom. The SMILES string of the molecule is N#CCCC(Br)(C#N)C(Br)NC(CO)Oc1ccccc1. The van der Waals surface area contributed by atoms with E-state index in [-0.39, 0.29) is 13.0 Å². The van der Waals surface area contributed by atoms with Crippen LogP contribution in [0.25, 0.3) is 0 Å². The van der Waals surface area contributed by atoms with Crippen molar-refractivity contribution in [1.82, 2.24) is 5.32 Å². The Hall–Kier alpha value is -1.12. The van der Waals surface area contributed by atoms with E-state index in [2.05, 4.69) is 43.2 Å². The van der Waals surface area contributed by atoms with Crippen LogP contribution in [0.15, 0.2) is 30.3 Å². The second-order valence-corrected chi connectivity index (χ2v) is 6.59. The number of hydrogen-bond donors (Lipinski definition) is 2. The van der Waals surface area contributed by atoms with Crippen molar-refractivity contribution in [2.45, 2.75) is 28.3 Å². The van der Waals surface area contributed by atoms with Crippen LogP contribution in [-0.4, -0.2) is 27.2 Å². The first kappa shape index (κ1) is 17.9. The van der Waals surface area contributed by atoms with E-state index in [1.165, 1.54) is 0 Å². The van der Waals surface area contributed by atoms with E-state index >= 15 is 0 Å². The Morgan fingerprint density at radius 1 is 1.33 bits per heavy atom. The molecule has 7 heteroatoms. The number of ether oxygens (including phenoxy) is 1. The molecule has 0 aromatic heterocycles. The number of para-hydroxylation sites is 1. The Morgan fingerprint density at radius 3 is 2.52 bits per heavy atom. The minimum absolute atomic E-state index is 0.242. The van der Waals surface area contributed by atoms with Gasteiger partial charge >= 0.3 is 0 Å². The van der Waals surface area contributed by atoms with Crippen LogP contribution in [0.1, 0.15) is 12.8 Å².